The van der Waals surface area contributed by atoms with Crippen LogP contribution in [-0.4, -0.2) is 50.6 Å². The van der Waals surface area contributed by atoms with Gasteiger partial charge >= 0.3 is 11.8 Å². The number of benzene rings is 2. The minimum absolute atomic E-state index is 0.301. The van der Waals surface area contributed by atoms with E-state index in [-0.39, 0.29) is 5.69 Å². The third-order valence-corrected chi connectivity index (χ3v) is 4.82. The second kappa shape index (κ2) is 9.40. The molecular weight excluding hydrogens is 428 g/mol. The van der Waals surface area contributed by atoms with Crippen molar-refractivity contribution < 1.29 is 19.4 Å². The minimum atomic E-state index is -1.19. The molecule has 11 heteroatoms. The summed E-state index contributed by atoms with van der Waals surface area (Å²) in [7, 11) is 3.24. The van der Waals surface area contributed by atoms with Crippen LogP contribution in [0.25, 0.3) is 16.9 Å². The van der Waals surface area contributed by atoms with E-state index in [1.54, 1.807) is 44.6 Å². The molecule has 4 rings (SSSR count). The summed E-state index contributed by atoms with van der Waals surface area (Å²) >= 11 is 0. The number of anilines is 3. The molecule has 0 saturated carbocycles. The van der Waals surface area contributed by atoms with Crippen LogP contribution in [0.1, 0.15) is 0 Å². The highest BCUT2D eigenvalue weighted by Crippen LogP contribution is 2.22. The fraction of sp³-hybridized carbons (Fsp3) is 0.182. The summed E-state index contributed by atoms with van der Waals surface area (Å²) in [5, 5.41) is 14.4. The molecular formula is C22H22N6O5. The van der Waals surface area contributed by atoms with E-state index in [9.17, 15) is 9.59 Å². The van der Waals surface area contributed by atoms with E-state index in [0.717, 1.165) is 5.69 Å². The zero-order valence-corrected chi connectivity index (χ0v) is 18.0. The van der Waals surface area contributed by atoms with E-state index in [1.807, 2.05) is 24.3 Å². The number of carboxylic acid groups (broad SMARTS) is 1. The molecule has 0 atom stereocenters. The molecule has 4 aromatic rings. The lowest BCUT2D eigenvalue weighted by atomic mass is 10.2. The van der Waals surface area contributed by atoms with E-state index < -0.39 is 6.09 Å². The summed E-state index contributed by atoms with van der Waals surface area (Å²) < 4.78 is 13.4. The molecule has 3 N–H and O–H groups in total. The molecule has 2 aromatic carbocycles. The van der Waals surface area contributed by atoms with Gasteiger partial charge in [-0.2, -0.15) is 4.98 Å². The molecule has 0 aliphatic heterocycles. The number of aryl methyl sites for hydroxylation is 1. The Morgan fingerprint density at radius 3 is 2.64 bits per heavy atom. The fourth-order valence-corrected chi connectivity index (χ4v) is 3.26. The van der Waals surface area contributed by atoms with Gasteiger partial charge in [0, 0.05) is 25.5 Å². The van der Waals surface area contributed by atoms with Gasteiger partial charge < -0.3 is 19.9 Å². The molecule has 1 amide bonds. The summed E-state index contributed by atoms with van der Waals surface area (Å²) in [4.78, 5) is 32.8. The average Bonchev–Trinajstić information content (AvgIpc) is 3.04. The van der Waals surface area contributed by atoms with Gasteiger partial charge in [0.1, 0.15) is 17.9 Å². The predicted octanol–water partition coefficient (Wildman–Crippen LogP) is 2.98. The van der Waals surface area contributed by atoms with Gasteiger partial charge in [0.25, 0.3) is 0 Å². The molecule has 0 radical (unpaired) electrons. The Morgan fingerprint density at radius 1 is 1.12 bits per heavy atom. The van der Waals surface area contributed by atoms with Crippen LogP contribution in [0, 0.1) is 0 Å². The Balaban J connectivity index is 1.65. The first kappa shape index (κ1) is 21.8. The lowest BCUT2D eigenvalue weighted by Crippen LogP contribution is -2.21. The lowest BCUT2D eigenvalue weighted by molar-refractivity contribution is 0.146. The third kappa shape index (κ3) is 4.77. The van der Waals surface area contributed by atoms with Crippen LogP contribution in [0.3, 0.4) is 0 Å². The predicted molar refractivity (Wildman–Crippen MR) is 123 cm³/mol. The number of ether oxygens (including phenoxy) is 2. The first-order valence-electron chi connectivity index (χ1n) is 10.00. The van der Waals surface area contributed by atoms with E-state index >= 15 is 0 Å². The maximum Gasteiger partial charge on any atom is 0.409 e. The monoisotopic (exact) mass is 450 g/mol. The molecule has 0 unspecified atom stereocenters. The number of methoxy groups -OCH3 is 1. The number of amides is 1. The Kier molecular flexibility index (Phi) is 6.22. The zero-order valence-electron chi connectivity index (χ0n) is 18.0. The number of nitrogens with zero attached hydrogens (tertiary/aromatic N) is 4. The highest BCUT2D eigenvalue weighted by Gasteiger charge is 2.16. The molecule has 33 heavy (non-hydrogen) atoms. The van der Waals surface area contributed by atoms with Crippen LogP contribution >= 0.6 is 0 Å². The molecule has 0 aliphatic carbocycles. The van der Waals surface area contributed by atoms with Crippen molar-refractivity contribution in [3.63, 3.8) is 0 Å². The number of rotatable bonds is 8. The number of carbonyl (C=O) groups is 1. The van der Waals surface area contributed by atoms with Crippen molar-refractivity contribution in [3.8, 4) is 11.4 Å². The van der Waals surface area contributed by atoms with Crippen molar-refractivity contribution in [2.75, 3.05) is 31.0 Å². The Hall–Kier alpha value is -4.38. The van der Waals surface area contributed by atoms with Crippen molar-refractivity contribution in [2.45, 2.75) is 0 Å². The van der Waals surface area contributed by atoms with Crippen LogP contribution in [0.4, 0.5) is 22.1 Å². The Bertz CT molecular complexity index is 1350. The number of nitrogens with one attached hydrogen (secondary N) is 2. The van der Waals surface area contributed by atoms with Crippen LogP contribution in [0.5, 0.6) is 5.75 Å². The molecule has 11 nitrogen and oxygen atoms in total. The van der Waals surface area contributed by atoms with Gasteiger partial charge in [0.05, 0.1) is 18.5 Å². The standard InChI is InChI=1S/C22H22N6O5/c1-27-18-13-23-20(24-14-6-8-17(9-7-14)33-11-10-32-2)26-19(18)28(22(27)31)16-5-3-4-15(12-16)25-21(29)30/h3-9,12-13,25H,10-11H2,1-2H3,(H,29,30)(H,23,24,26). The van der Waals surface area contributed by atoms with Gasteiger partial charge in [-0.1, -0.05) is 6.07 Å². The van der Waals surface area contributed by atoms with Crippen molar-refractivity contribution in [2.24, 2.45) is 7.05 Å². The van der Waals surface area contributed by atoms with Gasteiger partial charge in [0.15, 0.2) is 5.65 Å². The van der Waals surface area contributed by atoms with Gasteiger partial charge in [-0.25, -0.2) is 19.1 Å². The normalized spacial score (nSPS) is 10.8. The molecule has 0 fully saturated rings. The van der Waals surface area contributed by atoms with Crippen molar-refractivity contribution in [1.29, 1.82) is 0 Å². The maximum atomic E-state index is 12.9. The molecule has 0 spiro atoms. The van der Waals surface area contributed by atoms with Gasteiger partial charge in [-0.15, -0.1) is 0 Å². The quantitative estimate of drug-likeness (QED) is 0.349. The van der Waals surface area contributed by atoms with E-state index in [0.29, 0.717) is 47.5 Å². The highest BCUT2D eigenvalue weighted by atomic mass is 16.5. The highest BCUT2D eigenvalue weighted by molar-refractivity contribution is 5.83. The van der Waals surface area contributed by atoms with Crippen LogP contribution in [0.2, 0.25) is 0 Å². The number of aromatic nitrogens is 4. The summed E-state index contributed by atoms with van der Waals surface area (Å²) in [5.41, 5.74) is 2.13. The van der Waals surface area contributed by atoms with Crippen LogP contribution in [0.15, 0.2) is 59.5 Å². The number of imidazole rings is 1. The first-order valence-corrected chi connectivity index (χ1v) is 10.00. The summed E-state index contributed by atoms with van der Waals surface area (Å²) in [6, 6.07) is 13.8. The van der Waals surface area contributed by atoms with Crippen molar-refractivity contribution >= 4 is 34.6 Å². The van der Waals surface area contributed by atoms with Gasteiger partial charge in [-0.3, -0.25) is 9.88 Å². The minimum Gasteiger partial charge on any atom is -0.491 e. The topological polar surface area (TPSA) is 133 Å². The smallest absolute Gasteiger partial charge is 0.409 e. The molecule has 0 saturated heterocycles. The first-order chi connectivity index (χ1) is 16.0. The summed E-state index contributed by atoms with van der Waals surface area (Å²) in [6.07, 6.45) is 0.366. The Labute approximate surface area is 188 Å². The van der Waals surface area contributed by atoms with Crippen molar-refractivity contribution in [3.05, 3.63) is 65.2 Å². The SMILES string of the molecule is COCCOc1ccc(Nc2ncc3c(n2)n(-c2cccc(NC(=O)O)c2)c(=O)n3C)cc1. The summed E-state index contributed by atoms with van der Waals surface area (Å²) in [5.74, 6) is 1.01. The molecule has 0 bridgehead atoms. The lowest BCUT2D eigenvalue weighted by Gasteiger charge is -2.09. The number of hydrogen-bond acceptors (Lipinski definition) is 7. The van der Waals surface area contributed by atoms with Crippen LogP contribution < -0.4 is 21.1 Å². The molecule has 2 heterocycles. The van der Waals surface area contributed by atoms with E-state index in [1.165, 1.54) is 9.13 Å². The molecule has 0 aliphatic rings. The zero-order chi connectivity index (χ0) is 23.4. The van der Waals surface area contributed by atoms with Crippen molar-refractivity contribution in [1.82, 2.24) is 19.1 Å². The largest absolute Gasteiger partial charge is 0.491 e. The number of hydrogen-bond donors (Lipinski definition) is 3. The second-order valence-electron chi connectivity index (χ2n) is 7.05. The molecule has 2 aromatic heterocycles. The third-order valence-electron chi connectivity index (χ3n) is 4.82. The fourth-order valence-electron chi connectivity index (χ4n) is 3.26. The maximum absolute atomic E-state index is 12.9. The Morgan fingerprint density at radius 2 is 1.91 bits per heavy atom. The van der Waals surface area contributed by atoms with E-state index in [4.69, 9.17) is 14.6 Å². The summed E-state index contributed by atoms with van der Waals surface area (Å²) in [6.45, 7) is 0.958. The molecule has 170 valence electrons. The second-order valence-corrected chi connectivity index (χ2v) is 7.05. The van der Waals surface area contributed by atoms with Gasteiger partial charge in [-0.05, 0) is 42.5 Å². The average molecular weight is 450 g/mol. The number of fused-ring (bicyclic) bond motifs is 1. The van der Waals surface area contributed by atoms with E-state index in [2.05, 4.69) is 20.6 Å². The van der Waals surface area contributed by atoms with Crippen LogP contribution in [-0.2, 0) is 11.8 Å². The van der Waals surface area contributed by atoms with Gasteiger partial charge in [0.2, 0.25) is 5.95 Å².